The first-order valence-electron chi connectivity index (χ1n) is 6.14. The van der Waals surface area contributed by atoms with E-state index in [0.717, 1.165) is 30.8 Å². The summed E-state index contributed by atoms with van der Waals surface area (Å²) in [7, 11) is 0. The molecule has 18 heavy (non-hydrogen) atoms. The van der Waals surface area contributed by atoms with Crippen LogP contribution in [0, 0.1) is 6.92 Å². The number of fused-ring (bicyclic) bond motifs is 1. The summed E-state index contributed by atoms with van der Waals surface area (Å²) < 4.78 is 5.43. The molecule has 2 unspecified atom stereocenters. The van der Waals surface area contributed by atoms with E-state index in [1.54, 1.807) is 4.90 Å². The first kappa shape index (κ1) is 11.8. The number of amides is 1. The van der Waals surface area contributed by atoms with Gasteiger partial charge in [0.05, 0.1) is 11.7 Å². The summed E-state index contributed by atoms with van der Waals surface area (Å²) in [5, 5.41) is 3.98. The standard InChI is InChI=1S/C13H15ClN2O2/c1-8-9(14)3-2-4-10(8)16-11-7-15-6-5-12(11)18-13(16)17/h2-4,11-12,15H,5-7H2,1H3. The van der Waals surface area contributed by atoms with E-state index < -0.39 is 0 Å². The van der Waals surface area contributed by atoms with Gasteiger partial charge in [-0.1, -0.05) is 17.7 Å². The van der Waals surface area contributed by atoms with Crippen molar-refractivity contribution in [3.63, 3.8) is 0 Å². The lowest BCUT2D eigenvalue weighted by Gasteiger charge is -2.29. The number of halogens is 1. The third kappa shape index (κ3) is 1.76. The fourth-order valence-electron chi connectivity index (χ4n) is 2.67. The Morgan fingerprint density at radius 2 is 2.33 bits per heavy atom. The minimum absolute atomic E-state index is 0.00266. The topological polar surface area (TPSA) is 41.6 Å². The fourth-order valence-corrected chi connectivity index (χ4v) is 2.84. The van der Waals surface area contributed by atoms with E-state index in [4.69, 9.17) is 16.3 Å². The SMILES string of the molecule is Cc1c(Cl)cccc1N1C(=O)OC2CCNCC21. The van der Waals surface area contributed by atoms with E-state index in [1.165, 1.54) is 0 Å². The van der Waals surface area contributed by atoms with Gasteiger partial charge in [-0.15, -0.1) is 0 Å². The second-order valence-electron chi connectivity index (χ2n) is 4.74. The lowest BCUT2D eigenvalue weighted by atomic mass is 10.0. The molecule has 2 saturated heterocycles. The monoisotopic (exact) mass is 266 g/mol. The maximum absolute atomic E-state index is 12.0. The van der Waals surface area contributed by atoms with E-state index in [1.807, 2.05) is 25.1 Å². The number of anilines is 1. The predicted molar refractivity (Wildman–Crippen MR) is 70.2 cm³/mol. The van der Waals surface area contributed by atoms with E-state index in [0.29, 0.717) is 5.02 Å². The third-order valence-electron chi connectivity index (χ3n) is 3.67. The summed E-state index contributed by atoms with van der Waals surface area (Å²) in [6, 6.07) is 5.68. The Balaban J connectivity index is 1.99. The molecule has 1 N–H and O–H groups in total. The van der Waals surface area contributed by atoms with Crippen molar-refractivity contribution in [3.8, 4) is 0 Å². The number of carbonyl (C=O) groups excluding carboxylic acids is 1. The summed E-state index contributed by atoms with van der Waals surface area (Å²) in [5.41, 5.74) is 1.77. The normalized spacial score (nSPS) is 27.0. The molecule has 0 spiro atoms. The van der Waals surface area contributed by atoms with E-state index >= 15 is 0 Å². The first-order chi connectivity index (χ1) is 8.68. The predicted octanol–water partition coefficient (Wildman–Crippen LogP) is 2.34. The highest BCUT2D eigenvalue weighted by Crippen LogP contribution is 2.34. The molecule has 2 aliphatic heterocycles. The van der Waals surface area contributed by atoms with Gasteiger partial charge in [-0.05, 0) is 37.6 Å². The van der Waals surface area contributed by atoms with Gasteiger partial charge in [0.15, 0.2) is 0 Å². The van der Waals surface area contributed by atoms with Gasteiger partial charge in [-0.2, -0.15) is 0 Å². The molecular weight excluding hydrogens is 252 g/mol. The van der Waals surface area contributed by atoms with Crippen LogP contribution in [0.1, 0.15) is 12.0 Å². The molecule has 1 aromatic carbocycles. The van der Waals surface area contributed by atoms with Crippen molar-refractivity contribution in [2.24, 2.45) is 0 Å². The molecule has 2 heterocycles. The second kappa shape index (κ2) is 4.44. The van der Waals surface area contributed by atoms with Crippen molar-refractivity contribution in [1.82, 2.24) is 5.32 Å². The second-order valence-corrected chi connectivity index (χ2v) is 5.14. The van der Waals surface area contributed by atoms with Crippen molar-refractivity contribution in [2.45, 2.75) is 25.5 Å². The average Bonchev–Trinajstić information content (AvgIpc) is 2.69. The van der Waals surface area contributed by atoms with Gasteiger partial charge in [-0.25, -0.2) is 4.79 Å². The number of rotatable bonds is 1. The molecule has 5 heteroatoms. The molecule has 2 fully saturated rings. The number of nitrogens with one attached hydrogen (secondary N) is 1. The number of piperidine rings is 1. The van der Waals surface area contributed by atoms with E-state index in [2.05, 4.69) is 5.32 Å². The number of carbonyl (C=O) groups is 1. The van der Waals surface area contributed by atoms with Crippen LogP contribution in [0.5, 0.6) is 0 Å². The average molecular weight is 267 g/mol. The highest BCUT2D eigenvalue weighted by atomic mass is 35.5. The third-order valence-corrected chi connectivity index (χ3v) is 4.08. The van der Waals surface area contributed by atoms with Gasteiger partial charge < -0.3 is 10.1 Å². The smallest absolute Gasteiger partial charge is 0.415 e. The van der Waals surface area contributed by atoms with Crippen LogP contribution >= 0.6 is 11.6 Å². The van der Waals surface area contributed by atoms with Crippen LogP contribution in [0.4, 0.5) is 10.5 Å². The van der Waals surface area contributed by atoms with E-state index in [-0.39, 0.29) is 18.2 Å². The Labute approximate surface area is 111 Å². The fraction of sp³-hybridized carbons (Fsp3) is 0.462. The van der Waals surface area contributed by atoms with Gasteiger partial charge in [0.25, 0.3) is 0 Å². The highest BCUT2D eigenvalue weighted by molar-refractivity contribution is 6.31. The zero-order valence-corrected chi connectivity index (χ0v) is 10.9. The maximum Gasteiger partial charge on any atom is 0.415 e. The Morgan fingerprint density at radius 3 is 3.17 bits per heavy atom. The van der Waals surface area contributed by atoms with Crippen molar-refractivity contribution >= 4 is 23.4 Å². The maximum atomic E-state index is 12.0. The largest absolute Gasteiger partial charge is 0.444 e. The van der Waals surface area contributed by atoms with Crippen LogP contribution in [0.15, 0.2) is 18.2 Å². The van der Waals surface area contributed by atoms with E-state index in [9.17, 15) is 4.79 Å². The molecule has 2 aliphatic rings. The molecule has 0 radical (unpaired) electrons. The van der Waals surface area contributed by atoms with Crippen LogP contribution in [0.2, 0.25) is 5.02 Å². The molecule has 0 bridgehead atoms. The lowest BCUT2D eigenvalue weighted by Crippen LogP contribution is -2.49. The minimum Gasteiger partial charge on any atom is -0.444 e. The molecular formula is C13H15ClN2O2. The summed E-state index contributed by atoms with van der Waals surface area (Å²) >= 11 is 6.12. The van der Waals surface area contributed by atoms with Crippen LogP contribution in [-0.2, 0) is 4.74 Å². The number of benzene rings is 1. The van der Waals surface area contributed by atoms with Crippen molar-refractivity contribution in [3.05, 3.63) is 28.8 Å². The Kier molecular flexibility index (Phi) is 2.92. The number of ether oxygens (including phenoxy) is 1. The highest BCUT2D eigenvalue weighted by Gasteiger charge is 2.44. The van der Waals surface area contributed by atoms with Gasteiger partial charge in [0, 0.05) is 11.6 Å². The van der Waals surface area contributed by atoms with Gasteiger partial charge >= 0.3 is 6.09 Å². The van der Waals surface area contributed by atoms with Gasteiger partial charge in [-0.3, -0.25) is 4.90 Å². The molecule has 3 rings (SSSR count). The molecule has 0 aromatic heterocycles. The van der Waals surface area contributed by atoms with Crippen molar-refractivity contribution < 1.29 is 9.53 Å². The van der Waals surface area contributed by atoms with Crippen molar-refractivity contribution in [1.29, 1.82) is 0 Å². The number of hydrogen-bond acceptors (Lipinski definition) is 3. The molecule has 1 amide bonds. The van der Waals surface area contributed by atoms with Crippen LogP contribution in [-0.4, -0.2) is 31.3 Å². The van der Waals surface area contributed by atoms with Gasteiger partial charge in [0.2, 0.25) is 0 Å². The summed E-state index contributed by atoms with van der Waals surface area (Å²) in [5.74, 6) is 0. The zero-order valence-electron chi connectivity index (χ0n) is 10.1. The molecule has 1 aromatic rings. The Morgan fingerprint density at radius 1 is 1.50 bits per heavy atom. The Bertz CT molecular complexity index is 492. The first-order valence-corrected chi connectivity index (χ1v) is 6.52. The molecule has 2 atom stereocenters. The summed E-state index contributed by atoms with van der Waals surface area (Å²) in [6.07, 6.45) is 0.600. The zero-order chi connectivity index (χ0) is 12.7. The summed E-state index contributed by atoms with van der Waals surface area (Å²) in [4.78, 5) is 13.8. The molecule has 0 aliphatic carbocycles. The van der Waals surface area contributed by atoms with Crippen LogP contribution < -0.4 is 10.2 Å². The quantitative estimate of drug-likeness (QED) is 0.848. The minimum atomic E-state index is -0.265. The number of nitrogens with zero attached hydrogens (tertiary/aromatic N) is 1. The van der Waals surface area contributed by atoms with Crippen molar-refractivity contribution in [2.75, 3.05) is 18.0 Å². The van der Waals surface area contributed by atoms with Crippen LogP contribution in [0.3, 0.4) is 0 Å². The summed E-state index contributed by atoms with van der Waals surface area (Å²) in [6.45, 7) is 3.59. The Hall–Kier alpha value is -1.26. The van der Waals surface area contributed by atoms with Crippen LogP contribution in [0.25, 0.3) is 0 Å². The lowest BCUT2D eigenvalue weighted by molar-refractivity contribution is 0.117. The van der Waals surface area contributed by atoms with Gasteiger partial charge in [0.1, 0.15) is 6.10 Å². The molecule has 4 nitrogen and oxygen atoms in total. The number of hydrogen-bond donors (Lipinski definition) is 1. The molecule has 96 valence electrons. The molecule has 0 saturated carbocycles.